The van der Waals surface area contributed by atoms with Crippen LogP contribution in [-0.4, -0.2) is 0 Å². The molecule has 3 heteroatoms. The average Bonchev–Trinajstić information content (AvgIpc) is 2.42. The lowest BCUT2D eigenvalue weighted by Gasteiger charge is -2.18. The summed E-state index contributed by atoms with van der Waals surface area (Å²) >= 11 is 5.93. The molecule has 0 saturated heterocycles. The molecule has 0 aliphatic rings. The Morgan fingerprint density at radius 1 is 1.20 bits per heavy atom. The van der Waals surface area contributed by atoms with Crippen LogP contribution in [0.5, 0.6) is 0 Å². The summed E-state index contributed by atoms with van der Waals surface area (Å²) in [4.78, 5) is 0. The predicted molar refractivity (Wildman–Crippen MR) is 84.7 cm³/mol. The van der Waals surface area contributed by atoms with Gasteiger partial charge in [0.2, 0.25) is 0 Å². The number of hydrogen-bond acceptors (Lipinski definition) is 2. The van der Waals surface area contributed by atoms with Gasteiger partial charge in [0.05, 0.1) is 11.3 Å². The maximum Gasteiger partial charge on any atom is 0.101 e. The average molecular weight is 285 g/mol. The molecule has 0 heterocycles. The third-order valence-corrected chi connectivity index (χ3v) is 3.52. The summed E-state index contributed by atoms with van der Waals surface area (Å²) in [6.45, 7) is 6.39. The van der Waals surface area contributed by atoms with E-state index in [0.717, 1.165) is 16.9 Å². The van der Waals surface area contributed by atoms with Crippen LogP contribution in [0.1, 0.15) is 36.5 Å². The molecule has 0 aliphatic heterocycles. The van der Waals surface area contributed by atoms with Crippen LogP contribution in [0.25, 0.3) is 0 Å². The Labute approximate surface area is 125 Å². The lowest BCUT2D eigenvalue weighted by Crippen LogP contribution is -2.01. The molecule has 0 amide bonds. The SMILES string of the molecule is Cc1cccc(C(C)C)c1Nc1ccc(Cl)cc1C#N. The Morgan fingerprint density at radius 3 is 2.60 bits per heavy atom. The molecule has 0 atom stereocenters. The van der Waals surface area contributed by atoms with Crippen molar-refractivity contribution in [3.8, 4) is 6.07 Å². The molecule has 0 aromatic heterocycles. The highest BCUT2D eigenvalue weighted by Gasteiger charge is 2.11. The lowest BCUT2D eigenvalue weighted by molar-refractivity contribution is 0.867. The van der Waals surface area contributed by atoms with Crippen molar-refractivity contribution in [2.75, 3.05) is 5.32 Å². The number of nitrogens with one attached hydrogen (secondary N) is 1. The maximum atomic E-state index is 9.22. The Bertz CT molecular complexity index is 669. The number of aryl methyl sites for hydroxylation is 1. The Hall–Kier alpha value is -1.98. The summed E-state index contributed by atoms with van der Waals surface area (Å²) < 4.78 is 0. The number of rotatable bonds is 3. The summed E-state index contributed by atoms with van der Waals surface area (Å²) in [6, 6.07) is 13.7. The smallest absolute Gasteiger partial charge is 0.101 e. The normalized spacial score (nSPS) is 10.4. The number of halogens is 1. The molecule has 0 bridgehead atoms. The van der Waals surface area contributed by atoms with Crippen LogP contribution in [0, 0.1) is 18.3 Å². The zero-order valence-corrected chi connectivity index (χ0v) is 12.6. The van der Waals surface area contributed by atoms with Crippen LogP contribution < -0.4 is 5.32 Å². The molecule has 0 spiro atoms. The van der Waals surface area contributed by atoms with Gasteiger partial charge in [0.25, 0.3) is 0 Å². The first-order chi connectivity index (χ1) is 9.52. The first-order valence-electron chi connectivity index (χ1n) is 6.59. The fourth-order valence-corrected chi connectivity index (χ4v) is 2.37. The minimum atomic E-state index is 0.412. The van der Waals surface area contributed by atoms with Crippen molar-refractivity contribution in [2.24, 2.45) is 0 Å². The molecule has 2 aromatic carbocycles. The maximum absolute atomic E-state index is 9.22. The second-order valence-electron chi connectivity index (χ2n) is 5.12. The molecule has 0 saturated carbocycles. The van der Waals surface area contributed by atoms with E-state index >= 15 is 0 Å². The Balaban J connectivity index is 2.48. The van der Waals surface area contributed by atoms with Gasteiger partial charge in [0.15, 0.2) is 0 Å². The van der Waals surface area contributed by atoms with Crippen molar-refractivity contribution in [1.82, 2.24) is 0 Å². The van der Waals surface area contributed by atoms with E-state index in [1.807, 2.05) is 6.07 Å². The van der Waals surface area contributed by atoms with E-state index in [0.29, 0.717) is 16.5 Å². The Kier molecular flexibility index (Phi) is 4.32. The van der Waals surface area contributed by atoms with E-state index < -0.39 is 0 Å². The van der Waals surface area contributed by atoms with Gasteiger partial charge in [-0.3, -0.25) is 0 Å². The van der Waals surface area contributed by atoms with E-state index in [4.69, 9.17) is 11.6 Å². The summed E-state index contributed by atoms with van der Waals surface area (Å²) in [7, 11) is 0. The third-order valence-electron chi connectivity index (χ3n) is 3.29. The van der Waals surface area contributed by atoms with Crippen molar-refractivity contribution in [1.29, 1.82) is 5.26 Å². The van der Waals surface area contributed by atoms with Crippen LogP contribution >= 0.6 is 11.6 Å². The van der Waals surface area contributed by atoms with Crippen LogP contribution in [0.2, 0.25) is 5.02 Å². The van der Waals surface area contributed by atoms with E-state index in [-0.39, 0.29) is 0 Å². The molecule has 0 aliphatic carbocycles. The van der Waals surface area contributed by atoms with Crippen LogP contribution in [0.3, 0.4) is 0 Å². The molecule has 1 N–H and O–H groups in total. The standard InChI is InChI=1S/C17H17ClN2/c1-11(2)15-6-4-5-12(3)17(15)20-16-8-7-14(18)9-13(16)10-19/h4-9,11,20H,1-3H3. The van der Waals surface area contributed by atoms with Gasteiger partial charge in [-0.05, 0) is 42.2 Å². The van der Waals surface area contributed by atoms with Gasteiger partial charge in [-0.25, -0.2) is 0 Å². The van der Waals surface area contributed by atoms with Gasteiger partial charge in [0, 0.05) is 10.7 Å². The van der Waals surface area contributed by atoms with E-state index in [1.165, 1.54) is 5.56 Å². The molecular formula is C17H17ClN2. The third kappa shape index (κ3) is 2.95. The molecule has 0 fully saturated rings. The fourth-order valence-electron chi connectivity index (χ4n) is 2.19. The molecule has 2 nitrogen and oxygen atoms in total. The largest absolute Gasteiger partial charge is 0.354 e. The van der Waals surface area contributed by atoms with Gasteiger partial charge in [-0.15, -0.1) is 0 Å². The second-order valence-corrected chi connectivity index (χ2v) is 5.56. The monoisotopic (exact) mass is 284 g/mol. The van der Waals surface area contributed by atoms with E-state index in [2.05, 4.69) is 50.4 Å². The summed E-state index contributed by atoms with van der Waals surface area (Å²) in [5, 5.41) is 13.2. The molecule has 2 aromatic rings. The second kappa shape index (κ2) is 5.98. The molecule has 20 heavy (non-hydrogen) atoms. The highest BCUT2D eigenvalue weighted by molar-refractivity contribution is 6.30. The van der Waals surface area contributed by atoms with Crippen molar-refractivity contribution in [3.63, 3.8) is 0 Å². The van der Waals surface area contributed by atoms with E-state index in [1.54, 1.807) is 12.1 Å². The minimum Gasteiger partial charge on any atom is -0.354 e. The minimum absolute atomic E-state index is 0.412. The van der Waals surface area contributed by atoms with Crippen LogP contribution in [0.4, 0.5) is 11.4 Å². The predicted octanol–water partition coefficient (Wildman–Crippen LogP) is 5.39. The van der Waals surface area contributed by atoms with Gasteiger partial charge in [-0.2, -0.15) is 5.26 Å². The van der Waals surface area contributed by atoms with Gasteiger partial charge >= 0.3 is 0 Å². The summed E-state index contributed by atoms with van der Waals surface area (Å²) in [6.07, 6.45) is 0. The molecule has 2 rings (SSSR count). The number of benzene rings is 2. The number of nitriles is 1. The topological polar surface area (TPSA) is 35.8 Å². The molecule has 0 unspecified atom stereocenters. The highest BCUT2D eigenvalue weighted by atomic mass is 35.5. The fraction of sp³-hybridized carbons (Fsp3) is 0.235. The van der Waals surface area contributed by atoms with Crippen LogP contribution in [-0.2, 0) is 0 Å². The first-order valence-corrected chi connectivity index (χ1v) is 6.97. The van der Waals surface area contributed by atoms with Crippen molar-refractivity contribution in [2.45, 2.75) is 26.7 Å². The summed E-state index contributed by atoms with van der Waals surface area (Å²) in [5.74, 6) is 0.412. The zero-order chi connectivity index (χ0) is 14.7. The van der Waals surface area contributed by atoms with E-state index in [9.17, 15) is 5.26 Å². The van der Waals surface area contributed by atoms with Gasteiger partial charge < -0.3 is 5.32 Å². The van der Waals surface area contributed by atoms with Crippen LogP contribution in [0.15, 0.2) is 36.4 Å². The summed E-state index contributed by atoms with van der Waals surface area (Å²) in [5.41, 5.74) is 4.81. The first kappa shape index (κ1) is 14.4. The van der Waals surface area contributed by atoms with Gasteiger partial charge in [-0.1, -0.05) is 43.6 Å². The van der Waals surface area contributed by atoms with Crippen molar-refractivity contribution < 1.29 is 0 Å². The van der Waals surface area contributed by atoms with Crippen molar-refractivity contribution in [3.05, 3.63) is 58.1 Å². The highest BCUT2D eigenvalue weighted by Crippen LogP contribution is 2.32. The Morgan fingerprint density at radius 2 is 1.95 bits per heavy atom. The van der Waals surface area contributed by atoms with Gasteiger partial charge in [0.1, 0.15) is 6.07 Å². The van der Waals surface area contributed by atoms with Crippen molar-refractivity contribution >= 4 is 23.0 Å². The number of hydrogen-bond donors (Lipinski definition) is 1. The molecule has 0 radical (unpaired) electrons. The zero-order valence-electron chi connectivity index (χ0n) is 11.9. The molecular weight excluding hydrogens is 268 g/mol. The number of anilines is 2. The quantitative estimate of drug-likeness (QED) is 0.820. The molecule has 102 valence electrons. The lowest BCUT2D eigenvalue weighted by atomic mass is 9.98. The number of para-hydroxylation sites is 1. The number of nitrogens with zero attached hydrogens (tertiary/aromatic N) is 1.